The van der Waals surface area contributed by atoms with Crippen LogP contribution in [-0.2, 0) is 4.79 Å². The number of aromatic nitrogens is 3. The normalized spacial score (nSPS) is 15.2. The number of hydrogen-bond acceptors (Lipinski definition) is 6. The van der Waals surface area contributed by atoms with Gasteiger partial charge in [-0.1, -0.05) is 35.9 Å². The lowest BCUT2D eigenvalue weighted by molar-refractivity contribution is -0.122. The van der Waals surface area contributed by atoms with Crippen molar-refractivity contribution in [1.82, 2.24) is 20.1 Å². The van der Waals surface area contributed by atoms with Crippen LogP contribution in [-0.4, -0.2) is 37.5 Å². The van der Waals surface area contributed by atoms with Crippen molar-refractivity contribution >= 4 is 40.5 Å². The number of nitrogens with zero attached hydrogens (tertiary/aromatic N) is 4. The third-order valence-electron chi connectivity index (χ3n) is 6.77. The van der Waals surface area contributed by atoms with Gasteiger partial charge in [-0.3, -0.25) is 14.4 Å². The fraction of sp³-hybridized carbons (Fsp3) is 0.250. The van der Waals surface area contributed by atoms with E-state index in [9.17, 15) is 9.59 Å². The maximum atomic E-state index is 13.3. The molecule has 5 rings (SSSR count). The summed E-state index contributed by atoms with van der Waals surface area (Å²) in [7, 11) is 0. The van der Waals surface area contributed by atoms with Crippen molar-refractivity contribution < 1.29 is 14.7 Å². The number of amides is 1. The first-order valence-electron chi connectivity index (χ1n) is 12.1. The maximum absolute atomic E-state index is 13.3. The molecular formula is C28H26ClN5O3S. The average molecular weight is 548 g/mol. The van der Waals surface area contributed by atoms with Crippen molar-refractivity contribution in [3.63, 3.8) is 0 Å². The molecule has 1 unspecified atom stereocenters. The Kier molecular flexibility index (Phi) is 6.90. The van der Waals surface area contributed by atoms with E-state index in [-0.39, 0.29) is 23.9 Å². The second-order valence-electron chi connectivity index (χ2n) is 9.33. The highest BCUT2D eigenvalue weighted by Gasteiger charge is 2.32. The molecular weight excluding hydrogens is 522 g/mol. The van der Waals surface area contributed by atoms with Gasteiger partial charge in [-0.25, -0.2) is 4.79 Å². The quantitative estimate of drug-likeness (QED) is 0.319. The Hall–Kier alpha value is -3.82. The molecule has 2 aromatic carbocycles. The van der Waals surface area contributed by atoms with Crippen LogP contribution in [0.1, 0.15) is 74.6 Å². The highest BCUT2D eigenvalue weighted by atomic mass is 35.5. The summed E-state index contributed by atoms with van der Waals surface area (Å²) in [6.07, 6.45) is 0.0692. The van der Waals surface area contributed by atoms with E-state index < -0.39 is 12.0 Å². The van der Waals surface area contributed by atoms with E-state index in [1.54, 1.807) is 23.5 Å². The number of fused-ring (bicyclic) bond motifs is 3. The lowest BCUT2D eigenvalue weighted by Crippen LogP contribution is -2.28. The number of nitrogens with one attached hydrogen (secondary N) is 1. The highest BCUT2D eigenvalue weighted by molar-refractivity contribution is 7.15. The second kappa shape index (κ2) is 10.2. The molecule has 4 aromatic rings. The highest BCUT2D eigenvalue weighted by Crippen LogP contribution is 2.39. The molecule has 38 heavy (non-hydrogen) atoms. The van der Waals surface area contributed by atoms with Gasteiger partial charge in [-0.05, 0) is 63.1 Å². The number of carboxylic acids is 1. The van der Waals surface area contributed by atoms with Gasteiger partial charge < -0.3 is 10.4 Å². The molecule has 0 bridgehead atoms. The summed E-state index contributed by atoms with van der Waals surface area (Å²) in [5.41, 5.74) is 4.84. The largest absolute Gasteiger partial charge is 0.478 e. The van der Waals surface area contributed by atoms with Gasteiger partial charge in [0.05, 0.1) is 23.7 Å². The number of hydrogen-bond donors (Lipinski definition) is 2. The van der Waals surface area contributed by atoms with Crippen molar-refractivity contribution in [1.29, 1.82) is 0 Å². The van der Waals surface area contributed by atoms with Gasteiger partial charge in [0.15, 0.2) is 5.82 Å². The zero-order chi connectivity index (χ0) is 27.1. The number of carboxylic acid groups (broad SMARTS) is 1. The first kappa shape index (κ1) is 25.8. The third-order valence-corrected chi connectivity index (χ3v) is 8.22. The Morgan fingerprint density at radius 3 is 2.42 bits per heavy atom. The predicted molar refractivity (Wildman–Crippen MR) is 148 cm³/mol. The van der Waals surface area contributed by atoms with E-state index in [0.717, 1.165) is 38.8 Å². The second-order valence-corrected chi connectivity index (χ2v) is 11.0. The van der Waals surface area contributed by atoms with Crippen molar-refractivity contribution in [2.75, 3.05) is 0 Å². The molecule has 2 atom stereocenters. The minimum Gasteiger partial charge on any atom is -0.478 e. The lowest BCUT2D eigenvalue weighted by Gasteiger charge is -2.17. The first-order valence-corrected chi connectivity index (χ1v) is 13.3. The summed E-state index contributed by atoms with van der Waals surface area (Å²) in [6.45, 7) is 7.93. The van der Waals surface area contributed by atoms with Crippen LogP contribution in [0.25, 0.3) is 5.00 Å². The molecule has 0 spiro atoms. The van der Waals surface area contributed by atoms with E-state index in [0.29, 0.717) is 10.8 Å². The number of aliphatic imine (C=N–C) groups is 1. The van der Waals surface area contributed by atoms with E-state index in [1.165, 1.54) is 17.0 Å². The van der Waals surface area contributed by atoms with Crippen LogP contribution in [0.15, 0.2) is 53.5 Å². The van der Waals surface area contributed by atoms with E-state index in [2.05, 4.69) is 29.4 Å². The van der Waals surface area contributed by atoms with Crippen molar-refractivity contribution in [3.8, 4) is 5.00 Å². The molecule has 0 saturated heterocycles. The van der Waals surface area contributed by atoms with Gasteiger partial charge in [0, 0.05) is 21.0 Å². The van der Waals surface area contributed by atoms with Crippen molar-refractivity contribution in [2.24, 2.45) is 4.99 Å². The Labute approximate surface area is 229 Å². The predicted octanol–water partition coefficient (Wildman–Crippen LogP) is 5.77. The SMILES string of the molecule is Cc1sc2c(c1C)C(c1ccc(Cl)cc1)=N[C@@H](CC(=O)NC(C)c1ccc(C(=O)O)cc1)c1nnc(C)n1-2. The Morgan fingerprint density at radius 2 is 1.76 bits per heavy atom. The van der Waals surface area contributed by atoms with Crippen LogP contribution in [0.2, 0.25) is 5.02 Å². The molecule has 2 N–H and O–H groups in total. The standard InChI is InChI=1S/C28H26ClN5O3S/c1-14-16(3)38-27-24(14)25(19-9-11-21(29)12-10-19)31-22(26-33-32-17(4)34(26)27)13-23(35)30-15(2)18-5-7-20(8-6-18)28(36)37/h5-12,15,22H,13H2,1-4H3,(H,30,35)(H,36,37)/t15?,22-/m0/s1. The molecule has 8 nitrogen and oxygen atoms in total. The average Bonchev–Trinajstić information content (AvgIpc) is 3.36. The van der Waals surface area contributed by atoms with Gasteiger partial charge in [0.25, 0.3) is 0 Å². The van der Waals surface area contributed by atoms with Crippen molar-refractivity contribution in [3.05, 3.63) is 97.9 Å². The fourth-order valence-electron chi connectivity index (χ4n) is 4.61. The smallest absolute Gasteiger partial charge is 0.335 e. The number of halogens is 1. The van der Waals surface area contributed by atoms with Gasteiger partial charge in [0.1, 0.15) is 16.9 Å². The van der Waals surface area contributed by atoms with Crippen LogP contribution < -0.4 is 5.32 Å². The van der Waals surface area contributed by atoms with E-state index >= 15 is 0 Å². The Balaban J connectivity index is 1.51. The van der Waals surface area contributed by atoms with Gasteiger partial charge >= 0.3 is 5.97 Å². The van der Waals surface area contributed by atoms with Crippen LogP contribution in [0.5, 0.6) is 0 Å². The Bertz CT molecular complexity index is 1570. The monoisotopic (exact) mass is 547 g/mol. The first-order chi connectivity index (χ1) is 18.1. The molecule has 0 saturated carbocycles. The molecule has 1 amide bonds. The summed E-state index contributed by atoms with van der Waals surface area (Å²) in [5, 5.41) is 22.6. The maximum Gasteiger partial charge on any atom is 0.335 e. The minimum absolute atomic E-state index is 0.0692. The van der Waals surface area contributed by atoms with Gasteiger partial charge in [0.2, 0.25) is 5.91 Å². The molecule has 0 fully saturated rings. The van der Waals surface area contributed by atoms with Gasteiger partial charge in [-0.2, -0.15) is 0 Å². The summed E-state index contributed by atoms with van der Waals surface area (Å²) in [6, 6.07) is 13.1. The topological polar surface area (TPSA) is 109 Å². The van der Waals surface area contributed by atoms with Crippen LogP contribution in [0.3, 0.4) is 0 Å². The zero-order valence-corrected chi connectivity index (χ0v) is 22.9. The van der Waals surface area contributed by atoms with E-state index in [4.69, 9.17) is 21.7 Å². The number of rotatable bonds is 6. The number of aryl methyl sites for hydroxylation is 2. The number of carbonyl (C=O) groups excluding carboxylic acids is 1. The van der Waals surface area contributed by atoms with Crippen LogP contribution >= 0.6 is 22.9 Å². The lowest BCUT2D eigenvalue weighted by atomic mass is 9.99. The number of aromatic carboxylic acids is 1. The van der Waals surface area contributed by atoms with Crippen molar-refractivity contribution in [2.45, 2.75) is 46.2 Å². The molecule has 1 aliphatic heterocycles. The summed E-state index contributed by atoms with van der Waals surface area (Å²) < 4.78 is 2.01. The molecule has 1 aliphatic rings. The van der Waals surface area contributed by atoms with Crippen LogP contribution in [0, 0.1) is 20.8 Å². The fourth-order valence-corrected chi connectivity index (χ4v) is 5.95. The zero-order valence-electron chi connectivity index (χ0n) is 21.3. The molecule has 3 heterocycles. The molecule has 0 aliphatic carbocycles. The molecule has 194 valence electrons. The summed E-state index contributed by atoms with van der Waals surface area (Å²) >= 11 is 7.83. The minimum atomic E-state index is -0.991. The molecule has 2 aromatic heterocycles. The molecule has 10 heteroatoms. The number of benzene rings is 2. The third kappa shape index (κ3) is 4.75. The van der Waals surface area contributed by atoms with Gasteiger partial charge in [-0.15, -0.1) is 21.5 Å². The van der Waals surface area contributed by atoms with Crippen LogP contribution in [0.4, 0.5) is 0 Å². The molecule has 0 radical (unpaired) electrons. The number of thiophene rings is 1. The Morgan fingerprint density at radius 1 is 1.08 bits per heavy atom. The number of carbonyl (C=O) groups is 2. The van der Waals surface area contributed by atoms with E-state index in [1.807, 2.05) is 42.7 Å². The summed E-state index contributed by atoms with van der Waals surface area (Å²) in [4.78, 5) is 30.7. The summed E-state index contributed by atoms with van der Waals surface area (Å²) in [5.74, 6) is 0.151.